The van der Waals surface area contributed by atoms with Crippen LogP contribution in [0.25, 0.3) is 80.8 Å². The molecule has 0 radical (unpaired) electrons. The molecule has 0 saturated carbocycles. The van der Waals surface area contributed by atoms with Crippen LogP contribution in [0.2, 0.25) is 0 Å². The van der Waals surface area contributed by atoms with Crippen molar-refractivity contribution in [3.05, 3.63) is 198 Å². The van der Waals surface area contributed by atoms with Crippen LogP contribution < -0.4 is 0 Å². The summed E-state index contributed by atoms with van der Waals surface area (Å²) in [5, 5.41) is 7.01. The monoisotopic (exact) mass is 734 g/mol. The number of fused-ring (bicyclic) bond motifs is 7. The molecule has 0 amide bonds. The van der Waals surface area contributed by atoms with Gasteiger partial charge in [0.2, 0.25) is 0 Å². The molecule has 0 saturated heterocycles. The van der Waals surface area contributed by atoms with E-state index in [2.05, 4.69) is 183 Å². The summed E-state index contributed by atoms with van der Waals surface area (Å²) in [4.78, 5) is 10.9. The Bertz CT molecular complexity index is 3270. The third-order valence-electron chi connectivity index (χ3n) is 11.1. The van der Waals surface area contributed by atoms with E-state index in [9.17, 15) is 0 Å². The molecule has 264 valence electrons. The fourth-order valence-corrected chi connectivity index (χ4v) is 9.40. The zero-order chi connectivity index (χ0) is 37.2. The van der Waals surface area contributed by atoms with Gasteiger partial charge in [-0.05, 0) is 81.9 Å². The first kappa shape index (κ1) is 32.5. The summed E-state index contributed by atoms with van der Waals surface area (Å²) >= 11 is 1.84. The van der Waals surface area contributed by atoms with Crippen LogP contribution in [0.5, 0.6) is 0 Å². The van der Waals surface area contributed by atoms with E-state index in [1.807, 2.05) is 11.3 Å². The van der Waals surface area contributed by atoms with E-state index in [0.29, 0.717) is 12.3 Å². The van der Waals surface area contributed by atoms with Gasteiger partial charge in [-0.3, -0.25) is 0 Å². The molecule has 0 bridgehead atoms. The molecule has 56 heavy (non-hydrogen) atoms. The first-order valence-corrected chi connectivity index (χ1v) is 19.8. The Balaban J connectivity index is 1.08. The molecule has 3 heterocycles. The van der Waals surface area contributed by atoms with Gasteiger partial charge in [-0.1, -0.05) is 140 Å². The molecule has 8 aromatic carbocycles. The van der Waals surface area contributed by atoms with E-state index in [0.717, 1.165) is 61.2 Å². The topological polar surface area (TPSA) is 37.9 Å². The molecule has 0 atom stereocenters. The number of allylic oxidation sites excluding steroid dienone is 1. The van der Waals surface area contributed by atoms with Crippen LogP contribution in [0.15, 0.2) is 196 Å². The summed E-state index contributed by atoms with van der Waals surface area (Å²) in [7, 11) is 0. The third-order valence-corrected chi connectivity index (χ3v) is 12.2. The predicted molar refractivity (Wildman–Crippen MR) is 238 cm³/mol. The van der Waals surface area contributed by atoms with Crippen molar-refractivity contribution in [2.24, 2.45) is 9.98 Å². The van der Waals surface area contributed by atoms with Crippen LogP contribution in [0.4, 0.5) is 0 Å². The minimum absolute atomic E-state index is 0.677. The lowest BCUT2D eigenvalue weighted by Gasteiger charge is -2.10. The molecule has 10 aromatic rings. The molecule has 0 N–H and O–H groups in total. The molecular formula is C52H34N2OS. The van der Waals surface area contributed by atoms with Crippen molar-refractivity contribution in [3.8, 4) is 22.3 Å². The van der Waals surface area contributed by atoms with Crippen LogP contribution in [-0.2, 0) is 0 Å². The molecule has 4 heteroatoms. The summed E-state index contributed by atoms with van der Waals surface area (Å²) in [5.41, 5.74) is 12.6. The number of hydrogen-bond donors (Lipinski definition) is 0. The number of amidine groups is 1. The van der Waals surface area contributed by atoms with Crippen LogP contribution in [0.3, 0.4) is 0 Å². The third kappa shape index (κ3) is 5.49. The van der Waals surface area contributed by atoms with Gasteiger partial charge in [0.05, 0.1) is 11.4 Å². The van der Waals surface area contributed by atoms with Crippen LogP contribution >= 0.6 is 11.3 Å². The Hall–Kier alpha value is -6.88. The molecule has 1 aliphatic rings. The number of thiophene rings is 1. The van der Waals surface area contributed by atoms with Gasteiger partial charge >= 0.3 is 0 Å². The minimum atomic E-state index is 0.677. The van der Waals surface area contributed by atoms with E-state index >= 15 is 0 Å². The average molecular weight is 735 g/mol. The van der Waals surface area contributed by atoms with Crippen molar-refractivity contribution < 1.29 is 4.42 Å². The minimum Gasteiger partial charge on any atom is -0.455 e. The van der Waals surface area contributed by atoms with Gasteiger partial charge in [-0.25, -0.2) is 9.98 Å². The first-order chi connectivity index (χ1) is 27.6. The Labute approximate surface area is 328 Å². The summed E-state index contributed by atoms with van der Waals surface area (Å²) in [6, 6.07) is 62.6. The zero-order valence-corrected chi connectivity index (χ0v) is 31.5. The summed E-state index contributed by atoms with van der Waals surface area (Å²) in [6.07, 6.45) is 0.677. The normalized spacial score (nSPS) is 13.5. The fourth-order valence-electron chi connectivity index (χ4n) is 8.31. The Morgan fingerprint density at radius 1 is 0.482 bits per heavy atom. The van der Waals surface area contributed by atoms with Gasteiger partial charge < -0.3 is 4.42 Å². The first-order valence-electron chi connectivity index (χ1n) is 19.0. The van der Waals surface area contributed by atoms with E-state index < -0.39 is 0 Å². The fraction of sp³-hybridized carbons (Fsp3) is 0.0385. The van der Waals surface area contributed by atoms with Crippen molar-refractivity contribution in [1.29, 1.82) is 0 Å². The molecular weight excluding hydrogens is 701 g/mol. The molecule has 11 rings (SSSR count). The number of rotatable bonds is 5. The number of benzene rings is 8. The second-order valence-electron chi connectivity index (χ2n) is 14.6. The lowest BCUT2D eigenvalue weighted by atomic mass is 9.96. The zero-order valence-electron chi connectivity index (χ0n) is 30.7. The van der Waals surface area contributed by atoms with E-state index in [4.69, 9.17) is 14.4 Å². The van der Waals surface area contributed by atoms with Crippen molar-refractivity contribution in [1.82, 2.24) is 0 Å². The Morgan fingerprint density at radius 3 is 1.98 bits per heavy atom. The smallest absolute Gasteiger partial charge is 0.160 e. The van der Waals surface area contributed by atoms with Crippen molar-refractivity contribution in [2.75, 3.05) is 0 Å². The SMILES string of the molecule is CC1=C(c2ccccc2)N=C(c2cccc3oc4c(-c5ccc6sc7ccccc7c6c5)cccc4c23)N=C(c2ccc3cc(-c4ccccc4)ccc3c2)C1. The summed E-state index contributed by atoms with van der Waals surface area (Å²) in [5.74, 6) is 0.681. The molecule has 1 aliphatic heterocycles. The lowest BCUT2D eigenvalue weighted by molar-refractivity contribution is 0.670. The predicted octanol–water partition coefficient (Wildman–Crippen LogP) is 14.5. The standard InChI is InChI=1S/C52H34N2OS/c1-32-28-45(39-25-24-36-29-35(22-23-37(36)30-39)33-12-4-2-5-13-33)53-52(54-50(32)34-14-6-3-7-15-34)43-19-11-20-46-49(43)42-18-10-17-40(51(42)55-46)38-26-27-48-44(31-38)41-16-8-9-21-47(41)56-48/h2-27,29-31H,28H2,1H3. The molecule has 3 nitrogen and oxygen atoms in total. The van der Waals surface area contributed by atoms with Crippen molar-refractivity contribution in [2.45, 2.75) is 13.3 Å². The maximum atomic E-state index is 6.80. The van der Waals surface area contributed by atoms with Gasteiger partial charge in [0, 0.05) is 54.1 Å². The highest BCUT2D eigenvalue weighted by atomic mass is 32.1. The van der Waals surface area contributed by atoms with Gasteiger partial charge in [0.15, 0.2) is 5.84 Å². The molecule has 2 aromatic heterocycles. The van der Waals surface area contributed by atoms with Crippen molar-refractivity contribution in [3.63, 3.8) is 0 Å². The number of aliphatic imine (C=N–C) groups is 2. The highest BCUT2D eigenvalue weighted by Crippen LogP contribution is 2.41. The Morgan fingerprint density at radius 2 is 1.14 bits per heavy atom. The number of nitrogens with zero attached hydrogens (tertiary/aromatic N) is 2. The maximum Gasteiger partial charge on any atom is 0.160 e. The largest absolute Gasteiger partial charge is 0.455 e. The van der Waals surface area contributed by atoms with Gasteiger partial charge in [-0.2, -0.15) is 0 Å². The maximum absolute atomic E-state index is 6.80. The van der Waals surface area contributed by atoms with Gasteiger partial charge in [0.1, 0.15) is 11.2 Å². The van der Waals surface area contributed by atoms with Crippen LogP contribution in [0, 0.1) is 0 Å². The highest BCUT2D eigenvalue weighted by molar-refractivity contribution is 7.25. The van der Waals surface area contributed by atoms with Gasteiger partial charge in [-0.15, -0.1) is 11.3 Å². The van der Waals surface area contributed by atoms with Crippen molar-refractivity contribution >= 4 is 81.5 Å². The molecule has 0 spiro atoms. The molecule has 0 unspecified atom stereocenters. The second-order valence-corrected chi connectivity index (χ2v) is 15.7. The summed E-state index contributed by atoms with van der Waals surface area (Å²) < 4.78 is 9.39. The highest BCUT2D eigenvalue weighted by Gasteiger charge is 2.22. The van der Waals surface area contributed by atoms with E-state index in [1.54, 1.807) is 0 Å². The molecule has 0 aliphatic carbocycles. The second kappa shape index (κ2) is 13.2. The number of hydrogen-bond acceptors (Lipinski definition) is 4. The van der Waals surface area contributed by atoms with E-state index in [1.165, 1.54) is 47.6 Å². The van der Waals surface area contributed by atoms with Crippen LogP contribution in [-0.4, -0.2) is 11.5 Å². The quantitative estimate of drug-likeness (QED) is 0.173. The molecule has 0 fully saturated rings. The number of para-hydroxylation sites is 1. The Kier molecular flexibility index (Phi) is 7.64. The summed E-state index contributed by atoms with van der Waals surface area (Å²) in [6.45, 7) is 2.19. The lowest BCUT2D eigenvalue weighted by Crippen LogP contribution is -2.06. The van der Waals surface area contributed by atoms with E-state index in [-0.39, 0.29) is 0 Å². The van der Waals surface area contributed by atoms with Gasteiger partial charge in [0.25, 0.3) is 0 Å². The van der Waals surface area contributed by atoms with Crippen LogP contribution in [0.1, 0.15) is 30.0 Å². The average Bonchev–Trinajstić information content (AvgIpc) is 3.77. The number of furan rings is 1.